The van der Waals surface area contributed by atoms with Crippen LogP contribution in [0.5, 0.6) is 11.5 Å². The average molecular weight is 364 g/mol. The normalized spacial score (nSPS) is 18.9. The SMILES string of the molecule is C=CCN(Cc1ccc(Cl)s1)C(=O)C1Oc2ccccc2OC1C. The Morgan fingerprint density at radius 3 is 2.62 bits per heavy atom. The number of halogens is 1. The van der Waals surface area contributed by atoms with E-state index in [4.69, 9.17) is 21.1 Å². The van der Waals surface area contributed by atoms with Gasteiger partial charge in [-0.1, -0.05) is 29.8 Å². The van der Waals surface area contributed by atoms with Crippen LogP contribution in [-0.2, 0) is 11.3 Å². The summed E-state index contributed by atoms with van der Waals surface area (Å²) in [5, 5.41) is 0. The van der Waals surface area contributed by atoms with Crippen molar-refractivity contribution in [1.29, 1.82) is 0 Å². The molecule has 0 saturated carbocycles. The van der Waals surface area contributed by atoms with Crippen LogP contribution in [0.2, 0.25) is 4.34 Å². The number of ether oxygens (including phenoxy) is 2. The van der Waals surface area contributed by atoms with Crippen molar-refractivity contribution in [2.45, 2.75) is 25.7 Å². The molecule has 1 aromatic heterocycles. The second kappa shape index (κ2) is 7.28. The van der Waals surface area contributed by atoms with Gasteiger partial charge in [-0.3, -0.25) is 4.79 Å². The van der Waals surface area contributed by atoms with E-state index in [1.165, 1.54) is 11.3 Å². The van der Waals surface area contributed by atoms with Gasteiger partial charge in [0, 0.05) is 11.4 Å². The van der Waals surface area contributed by atoms with Crippen LogP contribution in [0.1, 0.15) is 11.8 Å². The molecule has 2 atom stereocenters. The van der Waals surface area contributed by atoms with Crippen molar-refractivity contribution >= 4 is 28.8 Å². The highest BCUT2D eigenvalue weighted by Crippen LogP contribution is 2.34. The Morgan fingerprint density at radius 1 is 1.29 bits per heavy atom. The molecule has 3 rings (SSSR count). The third-order valence-corrected chi connectivity index (χ3v) is 4.94. The number of hydrogen-bond donors (Lipinski definition) is 0. The number of para-hydroxylation sites is 2. The number of nitrogens with zero attached hydrogens (tertiary/aromatic N) is 1. The Bertz CT molecular complexity index is 745. The zero-order valence-electron chi connectivity index (χ0n) is 13.3. The number of thiophene rings is 1. The number of amides is 1. The van der Waals surface area contributed by atoms with Crippen LogP contribution in [0.15, 0.2) is 49.1 Å². The molecule has 0 bridgehead atoms. The monoisotopic (exact) mass is 363 g/mol. The van der Waals surface area contributed by atoms with Crippen molar-refractivity contribution < 1.29 is 14.3 Å². The second-order valence-electron chi connectivity index (χ2n) is 5.52. The van der Waals surface area contributed by atoms with E-state index < -0.39 is 6.10 Å². The molecule has 0 aliphatic carbocycles. The number of hydrogen-bond acceptors (Lipinski definition) is 4. The lowest BCUT2D eigenvalue weighted by atomic mass is 10.1. The molecule has 0 N–H and O–H groups in total. The lowest BCUT2D eigenvalue weighted by molar-refractivity contribution is -0.144. The summed E-state index contributed by atoms with van der Waals surface area (Å²) >= 11 is 7.44. The Morgan fingerprint density at radius 2 is 2.00 bits per heavy atom. The first-order chi connectivity index (χ1) is 11.6. The predicted octanol–water partition coefficient (Wildman–Crippen LogP) is 4.14. The fraction of sp³-hybridized carbons (Fsp3) is 0.278. The number of benzene rings is 1. The van der Waals surface area contributed by atoms with E-state index in [1.807, 2.05) is 37.3 Å². The van der Waals surface area contributed by atoms with Crippen molar-refractivity contribution in [2.75, 3.05) is 6.54 Å². The van der Waals surface area contributed by atoms with Crippen molar-refractivity contribution in [3.8, 4) is 11.5 Å². The van der Waals surface area contributed by atoms with E-state index in [0.29, 0.717) is 28.9 Å². The standard InChI is InChI=1S/C18H18ClNO3S/c1-3-10-20(11-13-8-9-16(19)24-13)18(21)17-12(2)22-14-6-4-5-7-15(14)23-17/h3-9,12,17H,1,10-11H2,2H3. The van der Waals surface area contributed by atoms with Gasteiger partial charge in [0.1, 0.15) is 6.10 Å². The molecule has 0 saturated heterocycles. The molecule has 1 aliphatic heterocycles. The van der Waals surface area contributed by atoms with Crippen LogP contribution in [-0.4, -0.2) is 29.6 Å². The zero-order valence-corrected chi connectivity index (χ0v) is 14.8. The molecule has 4 nitrogen and oxygen atoms in total. The van der Waals surface area contributed by atoms with Crippen LogP contribution in [0, 0.1) is 0 Å². The van der Waals surface area contributed by atoms with E-state index in [-0.39, 0.29) is 12.0 Å². The van der Waals surface area contributed by atoms with E-state index in [2.05, 4.69) is 6.58 Å². The summed E-state index contributed by atoms with van der Waals surface area (Å²) in [5.74, 6) is 1.13. The van der Waals surface area contributed by atoms with E-state index in [9.17, 15) is 4.79 Å². The topological polar surface area (TPSA) is 38.8 Å². The van der Waals surface area contributed by atoms with Gasteiger partial charge < -0.3 is 14.4 Å². The summed E-state index contributed by atoms with van der Waals surface area (Å²) in [6.07, 6.45) is 0.650. The van der Waals surface area contributed by atoms with Crippen LogP contribution >= 0.6 is 22.9 Å². The molecule has 24 heavy (non-hydrogen) atoms. The van der Waals surface area contributed by atoms with Gasteiger partial charge in [-0.15, -0.1) is 17.9 Å². The Labute approximate surface area is 150 Å². The molecule has 1 aliphatic rings. The zero-order chi connectivity index (χ0) is 17.1. The van der Waals surface area contributed by atoms with Gasteiger partial charge in [0.2, 0.25) is 6.10 Å². The summed E-state index contributed by atoms with van der Waals surface area (Å²) in [6.45, 7) is 6.48. The molecule has 126 valence electrons. The van der Waals surface area contributed by atoms with Crippen molar-refractivity contribution in [2.24, 2.45) is 0 Å². The molecule has 2 unspecified atom stereocenters. The fourth-order valence-electron chi connectivity index (χ4n) is 2.58. The van der Waals surface area contributed by atoms with Gasteiger partial charge in [0.05, 0.1) is 10.9 Å². The third kappa shape index (κ3) is 3.57. The lowest BCUT2D eigenvalue weighted by Gasteiger charge is -2.34. The van der Waals surface area contributed by atoms with E-state index in [0.717, 1.165) is 4.88 Å². The highest BCUT2D eigenvalue weighted by Gasteiger charge is 2.36. The first kappa shape index (κ1) is 16.9. The Kier molecular flexibility index (Phi) is 5.11. The van der Waals surface area contributed by atoms with Gasteiger partial charge in [-0.05, 0) is 31.2 Å². The summed E-state index contributed by atoms with van der Waals surface area (Å²) in [5.41, 5.74) is 0. The minimum Gasteiger partial charge on any atom is -0.482 e. The average Bonchev–Trinajstić information content (AvgIpc) is 2.98. The summed E-state index contributed by atoms with van der Waals surface area (Å²) in [6, 6.07) is 11.1. The van der Waals surface area contributed by atoms with Crippen LogP contribution in [0.4, 0.5) is 0 Å². The Hall–Kier alpha value is -1.98. The van der Waals surface area contributed by atoms with Gasteiger partial charge in [-0.2, -0.15) is 0 Å². The smallest absolute Gasteiger partial charge is 0.268 e. The molecule has 0 radical (unpaired) electrons. The quantitative estimate of drug-likeness (QED) is 0.749. The number of carbonyl (C=O) groups is 1. The highest BCUT2D eigenvalue weighted by molar-refractivity contribution is 7.16. The maximum absolute atomic E-state index is 13.0. The summed E-state index contributed by atoms with van der Waals surface area (Å²) in [4.78, 5) is 15.7. The lowest BCUT2D eigenvalue weighted by Crippen LogP contribution is -2.50. The fourth-order valence-corrected chi connectivity index (χ4v) is 3.69. The minimum absolute atomic E-state index is 0.124. The van der Waals surface area contributed by atoms with Gasteiger partial charge in [0.25, 0.3) is 5.91 Å². The number of fused-ring (bicyclic) bond motifs is 1. The maximum Gasteiger partial charge on any atom is 0.268 e. The van der Waals surface area contributed by atoms with Crippen LogP contribution in [0.3, 0.4) is 0 Å². The number of carbonyl (C=O) groups excluding carboxylic acids is 1. The summed E-state index contributed by atoms with van der Waals surface area (Å²) in [7, 11) is 0. The second-order valence-corrected chi connectivity index (χ2v) is 7.32. The molecular formula is C18H18ClNO3S. The molecule has 0 fully saturated rings. The van der Waals surface area contributed by atoms with Crippen LogP contribution in [0.25, 0.3) is 0 Å². The van der Waals surface area contributed by atoms with E-state index in [1.54, 1.807) is 17.0 Å². The molecule has 6 heteroatoms. The first-order valence-electron chi connectivity index (χ1n) is 7.64. The Balaban J connectivity index is 1.78. The summed E-state index contributed by atoms with van der Waals surface area (Å²) < 4.78 is 12.4. The predicted molar refractivity (Wildman–Crippen MR) is 95.9 cm³/mol. The molecule has 2 heterocycles. The van der Waals surface area contributed by atoms with Crippen LogP contribution < -0.4 is 9.47 Å². The minimum atomic E-state index is -0.685. The van der Waals surface area contributed by atoms with E-state index >= 15 is 0 Å². The molecular weight excluding hydrogens is 346 g/mol. The first-order valence-corrected chi connectivity index (χ1v) is 8.84. The molecule has 0 spiro atoms. The third-order valence-electron chi connectivity index (χ3n) is 3.72. The largest absolute Gasteiger partial charge is 0.482 e. The molecule has 1 amide bonds. The highest BCUT2D eigenvalue weighted by atomic mass is 35.5. The van der Waals surface area contributed by atoms with Crippen molar-refractivity contribution in [3.63, 3.8) is 0 Å². The molecule has 1 aromatic carbocycles. The van der Waals surface area contributed by atoms with Gasteiger partial charge >= 0.3 is 0 Å². The van der Waals surface area contributed by atoms with Gasteiger partial charge in [-0.25, -0.2) is 0 Å². The van der Waals surface area contributed by atoms with Gasteiger partial charge in [0.15, 0.2) is 11.5 Å². The van der Waals surface area contributed by atoms with Crippen molar-refractivity contribution in [3.05, 3.63) is 58.3 Å². The number of rotatable bonds is 5. The molecule has 2 aromatic rings. The maximum atomic E-state index is 13.0. The van der Waals surface area contributed by atoms with Crippen molar-refractivity contribution in [1.82, 2.24) is 4.90 Å².